The molecule has 2 aliphatic rings. The maximum atomic E-state index is 12.9. The fourth-order valence-corrected chi connectivity index (χ4v) is 5.92. The van der Waals surface area contributed by atoms with Gasteiger partial charge in [-0.05, 0) is 74.8 Å². The summed E-state index contributed by atoms with van der Waals surface area (Å²) in [6.45, 7) is 10.4. The van der Waals surface area contributed by atoms with Crippen molar-refractivity contribution in [2.45, 2.75) is 71.3 Å². The molecule has 6 nitrogen and oxygen atoms in total. The van der Waals surface area contributed by atoms with E-state index < -0.39 is 0 Å². The summed E-state index contributed by atoms with van der Waals surface area (Å²) in [5.41, 5.74) is 5.58. The van der Waals surface area contributed by atoms with Gasteiger partial charge < -0.3 is 19.5 Å². The van der Waals surface area contributed by atoms with Crippen LogP contribution in [0.15, 0.2) is 47.4 Å². The third-order valence-corrected chi connectivity index (χ3v) is 7.67. The molecule has 0 aromatic heterocycles. The van der Waals surface area contributed by atoms with Gasteiger partial charge in [-0.3, -0.25) is 9.59 Å². The molecule has 2 aromatic rings. The van der Waals surface area contributed by atoms with Crippen molar-refractivity contribution in [1.29, 1.82) is 0 Å². The van der Waals surface area contributed by atoms with Gasteiger partial charge in [0.25, 0.3) is 0 Å². The van der Waals surface area contributed by atoms with Gasteiger partial charge in [-0.25, -0.2) is 0 Å². The molecule has 0 saturated carbocycles. The minimum atomic E-state index is -0.275. The van der Waals surface area contributed by atoms with Gasteiger partial charge in [0.15, 0.2) is 0 Å². The first-order chi connectivity index (χ1) is 17.6. The van der Waals surface area contributed by atoms with E-state index in [-0.39, 0.29) is 29.3 Å². The van der Waals surface area contributed by atoms with Crippen LogP contribution in [-0.2, 0) is 20.9 Å². The van der Waals surface area contributed by atoms with Crippen LogP contribution in [0.1, 0.15) is 65.0 Å². The highest BCUT2D eigenvalue weighted by molar-refractivity contribution is 8.04. The third-order valence-electron chi connectivity index (χ3n) is 6.46. The molecule has 1 N–H and O–H groups in total. The second-order valence-electron chi connectivity index (χ2n) is 10.0. The first-order valence-electron chi connectivity index (χ1n) is 12.6. The number of carbonyl (C=O) groups is 2. The number of thioether (sulfide) groups is 1. The Morgan fingerprint density at radius 3 is 2.57 bits per heavy atom. The number of hydrogen-bond donors (Lipinski definition) is 1. The van der Waals surface area contributed by atoms with E-state index in [1.165, 1.54) is 0 Å². The number of esters is 2. The summed E-state index contributed by atoms with van der Waals surface area (Å²) in [5.74, 6) is 0.525. The number of fused-ring (bicyclic) bond motifs is 1. The molecule has 0 aliphatic carbocycles. The molecule has 37 heavy (non-hydrogen) atoms. The van der Waals surface area contributed by atoms with Gasteiger partial charge >= 0.3 is 11.9 Å². The Morgan fingerprint density at radius 2 is 1.89 bits per heavy atom. The highest BCUT2D eigenvalue weighted by atomic mass is 32.2. The smallest absolute Gasteiger partial charge is 0.320 e. The number of hydrogen-bond acceptors (Lipinski definition) is 7. The first kappa shape index (κ1) is 26.9. The minimum Gasteiger partial charge on any atom is -0.496 e. The van der Waals surface area contributed by atoms with Crippen LogP contribution in [0.3, 0.4) is 0 Å². The summed E-state index contributed by atoms with van der Waals surface area (Å²) in [5, 5.41) is 3.38. The first-order valence-corrected chi connectivity index (χ1v) is 13.5. The fraction of sp³-hybridized carbons (Fsp3) is 0.400. The van der Waals surface area contributed by atoms with E-state index in [1.54, 1.807) is 31.0 Å². The molecule has 2 aromatic carbocycles. The number of ether oxygens (including phenoxy) is 3. The van der Waals surface area contributed by atoms with Crippen molar-refractivity contribution in [1.82, 2.24) is 0 Å². The van der Waals surface area contributed by atoms with Crippen molar-refractivity contribution in [2.75, 3.05) is 12.4 Å². The van der Waals surface area contributed by atoms with E-state index in [4.69, 9.17) is 14.2 Å². The molecule has 196 valence electrons. The van der Waals surface area contributed by atoms with Crippen molar-refractivity contribution in [3.8, 4) is 22.6 Å². The molecule has 2 aliphatic heterocycles. The zero-order valence-electron chi connectivity index (χ0n) is 22.4. The Balaban J connectivity index is 1.74. The van der Waals surface area contributed by atoms with E-state index >= 15 is 0 Å². The van der Waals surface area contributed by atoms with Crippen molar-refractivity contribution in [3.05, 3.63) is 58.5 Å². The molecule has 0 amide bonds. The lowest BCUT2D eigenvalue weighted by molar-refractivity contribution is -0.144. The minimum absolute atomic E-state index is 0.136. The summed E-state index contributed by atoms with van der Waals surface area (Å²) in [7, 11) is 1.59. The van der Waals surface area contributed by atoms with Crippen LogP contribution in [0.25, 0.3) is 16.7 Å². The molecular weight excluding hydrogens is 486 g/mol. The number of benzene rings is 2. The van der Waals surface area contributed by atoms with Gasteiger partial charge in [0, 0.05) is 34.9 Å². The second kappa shape index (κ2) is 11.1. The monoisotopic (exact) mass is 521 g/mol. The van der Waals surface area contributed by atoms with Gasteiger partial charge in [0.2, 0.25) is 0 Å². The van der Waals surface area contributed by atoms with E-state index in [0.29, 0.717) is 24.3 Å². The topological polar surface area (TPSA) is 73.9 Å². The highest BCUT2D eigenvalue weighted by Crippen LogP contribution is 2.43. The highest BCUT2D eigenvalue weighted by Gasteiger charge is 2.29. The molecule has 0 fully saturated rings. The van der Waals surface area contributed by atoms with Crippen LogP contribution in [0.5, 0.6) is 11.5 Å². The molecule has 0 saturated heterocycles. The zero-order chi connectivity index (χ0) is 26.7. The molecule has 7 heteroatoms. The quantitative estimate of drug-likeness (QED) is 0.293. The molecule has 0 radical (unpaired) electrons. The Bertz CT molecular complexity index is 1280. The molecular formula is C30H35NO5S. The summed E-state index contributed by atoms with van der Waals surface area (Å²) >= 11 is 1.56. The van der Waals surface area contributed by atoms with Crippen LogP contribution >= 0.6 is 11.8 Å². The van der Waals surface area contributed by atoms with Crippen molar-refractivity contribution in [2.24, 2.45) is 0 Å². The van der Waals surface area contributed by atoms with E-state index in [1.807, 2.05) is 26.0 Å². The van der Waals surface area contributed by atoms with Gasteiger partial charge in [-0.2, -0.15) is 0 Å². The van der Waals surface area contributed by atoms with Crippen LogP contribution < -0.4 is 14.8 Å². The lowest BCUT2D eigenvalue weighted by atomic mass is 9.85. The number of carbonyl (C=O) groups excluding carboxylic acids is 2. The van der Waals surface area contributed by atoms with E-state index in [0.717, 1.165) is 44.8 Å². The van der Waals surface area contributed by atoms with Crippen molar-refractivity contribution < 1.29 is 23.8 Å². The van der Waals surface area contributed by atoms with Gasteiger partial charge in [-0.15, -0.1) is 11.8 Å². The summed E-state index contributed by atoms with van der Waals surface area (Å²) < 4.78 is 17.1. The molecule has 0 spiro atoms. The molecule has 0 bridgehead atoms. The normalized spacial score (nSPS) is 17.7. The standard InChI is InChI=1S/C30H35NO5S/c1-7-8-27(32)36-20-10-11-22(25(15-20)34-6)21-12-13-24-28(18(2)16-30(4,5)31-24)23(21)17-35-29(33)26-14-9-19(3)37-26/h9-13,15-16,26,31H,7-8,14,17H2,1-6H3. The Labute approximate surface area is 223 Å². The lowest BCUT2D eigenvalue weighted by Crippen LogP contribution is -2.32. The summed E-state index contributed by atoms with van der Waals surface area (Å²) in [6.07, 6.45) is 6.03. The Morgan fingerprint density at radius 1 is 1.14 bits per heavy atom. The predicted molar refractivity (Wildman–Crippen MR) is 150 cm³/mol. The molecule has 1 unspecified atom stereocenters. The van der Waals surface area contributed by atoms with E-state index in [9.17, 15) is 9.59 Å². The second-order valence-corrected chi connectivity index (χ2v) is 11.5. The number of rotatable bonds is 8. The van der Waals surface area contributed by atoms with Gasteiger partial charge in [0.1, 0.15) is 23.4 Å². The fourth-order valence-electron chi connectivity index (χ4n) is 4.92. The molecule has 2 heterocycles. The van der Waals surface area contributed by atoms with Crippen LogP contribution in [0.4, 0.5) is 5.69 Å². The van der Waals surface area contributed by atoms with Crippen LogP contribution in [0, 0.1) is 0 Å². The predicted octanol–water partition coefficient (Wildman–Crippen LogP) is 7.13. The number of allylic oxidation sites excluding steroid dienone is 3. The van der Waals surface area contributed by atoms with Crippen LogP contribution in [0.2, 0.25) is 0 Å². The zero-order valence-corrected chi connectivity index (χ0v) is 23.2. The SMILES string of the molecule is CCCC(=O)Oc1ccc(-c2ccc3c(c2COC(=O)C2CC=C(C)S2)C(C)=CC(C)(C)N3)c(OC)c1. The Hall–Kier alpha value is -3.19. The van der Waals surface area contributed by atoms with Crippen molar-refractivity contribution >= 4 is 35.0 Å². The Kier molecular flexibility index (Phi) is 8.02. The third kappa shape index (κ3) is 6.04. The summed E-state index contributed by atoms with van der Waals surface area (Å²) in [4.78, 5) is 26.1. The van der Waals surface area contributed by atoms with E-state index in [2.05, 4.69) is 44.3 Å². The largest absolute Gasteiger partial charge is 0.496 e. The van der Waals surface area contributed by atoms with Crippen molar-refractivity contribution in [3.63, 3.8) is 0 Å². The lowest BCUT2D eigenvalue weighted by Gasteiger charge is -2.33. The maximum Gasteiger partial charge on any atom is 0.320 e. The molecule has 1 atom stereocenters. The number of anilines is 1. The summed E-state index contributed by atoms with van der Waals surface area (Å²) in [6, 6.07) is 9.48. The van der Waals surface area contributed by atoms with Crippen LogP contribution in [-0.4, -0.2) is 29.8 Å². The average Bonchev–Trinajstić information content (AvgIpc) is 3.28. The number of nitrogens with one attached hydrogen (secondary N) is 1. The molecule has 4 rings (SSSR count). The maximum absolute atomic E-state index is 12.9. The van der Waals surface area contributed by atoms with Gasteiger partial charge in [0.05, 0.1) is 12.6 Å². The average molecular weight is 522 g/mol. The number of methoxy groups -OCH3 is 1. The van der Waals surface area contributed by atoms with Gasteiger partial charge in [-0.1, -0.05) is 25.1 Å².